The van der Waals surface area contributed by atoms with Gasteiger partial charge in [0.25, 0.3) is 0 Å². The average Bonchev–Trinajstić information content (AvgIpc) is 2.91. The Bertz CT molecular complexity index is 854. The number of carbonyl (C=O) groups is 5. The molecular formula is C25H42N2O15. The first-order valence-electron chi connectivity index (χ1n) is 13.2. The van der Waals surface area contributed by atoms with E-state index in [2.05, 4.69) is 10.6 Å². The van der Waals surface area contributed by atoms with E-state index >= 15 is 0 Å². The second-order valence-corrected chi connectivity index (χ2v) is 9.00. The standard InChI is InChI=1S/C25H42N2O15/c1-15(30)26-22-24(41-18(4)33)23(40-17(3)32)20(13-39-16(2)31)42-25(22)38-10-9-36-6-5-35-7-8-37-14-21(34)27-19(11-28)12-29/h19-20,22-25,28-29H,5-14H2,1-4H3,(H,26,30)(H,27,34)/t20-,22-,23+,24-,25-/m1/s1. The summed E-state index contributed by atoms with van der Waals surface area (Å²) < 4.78 is 43.3. The second-order valence-electron chi connectivity index (χ2n) is 9.00. The Hall–Kier alpha value is -2.93. The SMILES string of the molecule is CC(=O)N[C@H]1[C@H](OCCOCCOCCOCC(=O)NC(CO)CO)O[C@H](COC(C)=O)[C@H](OC(C)=O)[C@@H]1OC(C)=O. The number of nitrogens with one attached hydrogen (secondary N) is 2. The van der Waals surface area contributed by atoms with Gasteiger partial charge in [-0.25, -0.2) is 0 Å². The van der Waals surface area contributed by atoms with E-state index in [1.165, 1.54) is 13.8 Å². The lowest BCUT2D eigenvalue weighted by molar-refractivity contribution is -0.279. The zero-order chi connectivity index (χ0) is 31.5. The lowest BCUT2D eigenvalue weighted by atomic mass is 9.96. The van der Waals surface area contributed by atoms with Gasteiger partial charge in [-0.2, -0.15) is 0 Å². The summed E-state index contributed by atoms with van der Waals surface area (Å²) in [4.78, 5) is 58.6. The van der Waals surface area contributed by atoms with Crippen LogP contribution in [0.25, 0.3) is 0 Å². The summed E-state index contributed by atoms with van der Waals surface area (Å²) in [7, 11) is 0. The van der Waals surface area contributed by atoms with E-state index < -0.39 is 66.4 Å². The molecule has 1 heterocycles. The van der Waals surface area contributed by atoms with E-state index in [-0.39, 0.29) is 66.1 Å². The lowest BCUT2D eigenvalue weighted by Crippen LogP contribution is -2.66. The van der Waals surface area contributed by atoms with Crippen LogP contribution in [0.1, 0.15) is 27.7 Å². The third kappa shape index (κ3) is 15.3. The molecule has 1 aliphatic heterocycles. The minimum atomic E-state index is -1.22. The first-order valence-corrected chi connectivity index (χ1v) is 13.2. The molecule has 0 aromatic carbocycles. The fourth-order valence-corrected chi connectivity index (χ4v) is 3.68. The largest absolute Gasteiger partial charge is 0.463 e. The van der Waals surface area contributed by atoms with Gasteiger partial charge < -0.3 is 58.7 Å². The molecule has 2 amide bonds. The van der Waals surface area contributed by atoms with Crippen LogP contribution in [0.3, 0.4) is 0 Å². The van der Waals surface area contributed by atoms with Gasteiger partial charge in [0.1, 0.15) is 25.4 Å². The Morgan fingerprint density at radius 1 is 0.762 bits per heavy atom. The van der Waals surface area contributed by atoms with Crippen LogP contribution >= 0.6 is 0 Å². The zero-order valence-corrected chi connectivity index (χ0v) is 24.2. The molecule has 0 spiro atoms. The summed E-state index contributed by atoms with van der Waals surface area (Å²) in [5, 5.41) is 22.8. The highest BCUT2D eigenvalue weighted by molar-refractivity contribution is 5.77. The van der Waals surface area contributed by atoms with Gasteiger partial charge in [0.15, 0.2) is 18.5 Å². The van der Waals surface area contributed by atoms with Crippen molar-refractivity contribution in [3.05, 3.63) is 0 Å². The van der Waals surface area contributed by atoms with E-state index in [0.29, 0.717) is 0 Å². The Morgan fingerprint density at radius 3 is 1.83 bits per heavy atom. The summed E-state index contributed by atoms with van der Waals surface area (Å²) in [6, 6.07) is -1.82. The Morgan fingerprint density at radius 2 is 1.31 bits per heavy atom. The highest BCUT2D eigenvalue weighted by atomic mass is 16.7. The summed E-state index contributed by atoms with van der Waals surface area (Å²) in [6.07, 6.45) is -4.70. The van der Waals surface area contributed by atoms with Crippen LogP contribution in [-0.4, -0.2) is 143 Å². The van der Waals surface area contributed by atoms with Gasteiger partial charge in [-0.3, -0.25) is 24.0 Å². The first-order chi connectivity index (χ1) is 20.0. The number of carbonyl (C=O) groups excluding carboxylic acids is 5. The number of aliphatic hydroxyl groups excluding tert-OH is 2. The van der Waals surface area contributed by atoms with Crippen molar-refractivity contribution < 1.29 is 72.1 Å². The molecule has 17 heteroatoms. The van der Waals surface area contributed by atoms with Crippen molar-refractivity contribution >= 4 is 29.7 Å². The molecule has 17 nitrogen and oxygen atoms in total. The summed E-state index contributed by atoms with van der Waals surface area (Å²) in [5.74, 6) is -3.02. The minimum Gasteiger partial charge on any atom is -0.463 e. The van der Waals surface area contributed by atoms with Gasteiger partial charge in [-0.05, 0) is 0 Å². The van der Waals surface area contributed by atoms with Crippen LogP contribution in [0.5, 0.6) is 0 Å². The van der Waals surface area contributed by atoms with Gasteiger partial charge >= 0.3 is 17.9 Å². The molecule has 0 aliphatic carbocycles. The maximum Gasteiger partial charge on any atom is 0.303 e. The van der Waals surface area contributed by atoms with Crippen LogP contribution < -0.4 is 10.6 Å². The normalized spacial score (nSPS) is 21.8. The van der Waals surface area contributed by atoms with Crippen molar-refractivity contribution in [1.82, 2.24) is 10.6 Å². The summed E-state index contributed by atoms with van der Waals surface area (Å²) >= 11 is 0. The molecule has 0 bridgehead atoms. The van der Waals surface area contributed by atoms with E-state index in [1.807, 2.05) is 0 Å². The molecule has 0 radical (unpaired) electrons. The molecule has 1 fully saturated rings. The molecule has 0 unspecified atom stereocenters. The predicted octanol–water partition coefficient (Wildman–Crippen LogP) is -2.82. The molecule has 0 saturated carbocycles. The summed E-state index contributed by atoms with van der Waals surface area (Å²) in [6.45, 7) is 4.14. The van der Waals surface area contributed by atoms with Crippen LogP contribution in [0.2, 0.25) is 0 Å². The molecular weight excluding hydrogens is 568 g/mol. The second kappa shape index (κ2) is 20.9. The molecule has 42 heavy (non-hydrogen) atoms. The van der Waals surface area contributed by atoms with Gasteiger partial charge in [-0.15, -0.1) is 0 Å². The van der Waals surface area contributed by atoms with Crippen molar-refractivity contribution in [2.24, 2.45) is 0 Å². The average molecular weight is 611 g/mol. The van der Waals surface area contributed by atoms with Crippen molar-refractivity contribution in [3.63, 3.8) is 0 Å². The number of hydrogen-bond donors (Lipinski definition) is 4. The van der Waals surface area contributed by atoms with Gasteiger partial charge in [0.05, 0.1) is 58.9 Å². The number of ether oxygens (including phenoxy) is 8. The number of esters is 3. The molecule has 242 valence electrons. The zero-order valence-electron chi connectivity index (χ0n) is 24.2. The Balaban J connectivity index is 2.55. The monoisotopic (exact) mass is 610 g/mol. The number of rotatable bonds is 20. The van der Waals surface area contributed by atoms with Crippen molar-refractivity contribution in [2.75, 3.05) is 66.1 Å². The number of aliphatic hydroxyl groups is 2. The maximum absolute atomic E-state index is 11.9. The minimum absolute atomic E-state index is 0.0209. The van der Waals surface area contributed by atoms with E-state index in [1.54, 1.807) is 0 Å². The van der Waals surface area contributed by atoms with E-state index in [9.17, 15) is 24.0 Å². The molecule has 0 aromatic rings. The maximum atomic E-state index is 11.9. The molecule has 4 N–H and O–H groups in total. The van der Waals surface area contributed by atoms with Gasteiger partial charge in [0, 0.05) is 27.7 Å². The smallest absolute Gasteiger partial charge is 0.303 e. The molecule has 1 rings (SSSR count). The first kappa shape index (κ1) is 37.1. The van der Waals surface area contributed by atoms with Gasteiger partial charge in [0.2, 0.25) is 11.8 Å². The fourth-order valence-electron chi connectivity index (χ4n) is 3.68. The molecule has 0 aromatic heterocycles. The number of hydrogen-bond acceptors (Lipinski definition) is 15. The number of amides is 2. The quantitative estimate of drug-likeness (QED) is 0.0620. The molecule has 1 aliphatic rings. The fraction of sp³-hybridized carbons (Fsp3) is 0.800. The highest BCUT2D eigenvalue weighted by Gasteiger charge is 2.51. The van der Waals surface area contributed by atoms with Crippen LogP contribution in [0.4, 0.5) is 0 Å². The third-order valence-corrected chi connectivity index (χ3v) is 5.36. The van der Waals surface area contributed by atoms with Crippen molar-refractivity contribution in [3.8, 4) is 0 Å². The highest BCUT2D eigenvalue weighted by Crippen LogP contribution is 2.28. The summed E-state index contributed by atoms with van der Waals surface area (Å²) in [5.41, 5.74) is 0. The van der Waals surface area contributed by atoms with Gasteiger partial charge in [-0.1, -0.05) is 0 Å². The van der Waals surface area contributed by atoms with Crippen LogP contribution in [0, 0.1) is 0 Å². The van der Waals surface area contributed by atoms with Crippen LogP contribution in [-0.2, 0) is 61.9 Å². The van der Waals surface area contributed by atoms with E-state index in [4.69, 9.17) is 48.1 Å². The van der Waals surface area contributed by atoms with Crippen molar-refractivity contribution in [1.29, 1.82) is 0 Å². The Labute approximate surface area is 243 Å². The Kier molecular flexibility index (Phi) is 18.4. The lowest BCUT2D eigenvalue weighted by Gasteiger charge is -2.44. The molecule has 5 atom stereocenters. The van der Waals surface area contributed by atoms with Crippen LogP contribution in [0.15, 0.2) is 0 Å². The molecule has 1 saturated heterocycles. The third-order valence-electron chi connectivity index (χ3n) is 5.36. The topological polar surface area (TPSA) is 224 Å². The van der Waals surface area contributed by atoms with Crippen molar-refractivity contribution in [2.45, 2.75) is 64.4 Å². The van der Waals surface area contributed by atoms with E-state index in [0.717, 1.165) is 13.8 Å². The predicted molar refractivity (Wildman–Crippen MR) is 139 cm³/mol.